The van der Waals surface area contributed by atoms with Crippen molar-refractivity contribution in [3.05, 3.63) is 0 Å². The molecule has 1 atom stereocenters. The number of hydrogen-bond donors (Lipinski definition) is 2. The summed E-state index contributed by atoms with van der Waals surface area (Å²) >= 11 is 0. The summed E-state index contributed by atoms with van der Waals surface area (Å²) in [6, 6.07) is 1.05. The second-order valence-corrected chi connectivity index (χ2v) is 5.25. The molecule has 1 saturated heterocycles. The van der Waals surface area contributed by atoms with Crippen LogP contribution >= 0.6 is 0 Å². The smallest absolute Gasteiger partial charge is 0.0136 e. The van der Waals surface area contributed by atoms with Crippen molar-refractivity contribution in [1.29, 1.82) is 5.41 Å². The minimum absolute atomic E-state index is 0.152. The second kappa shape index (κ2) is 4.62. The van der Waals surface area contributed by atoms with E-state index in [0.29, 0.717) is 5.92 Å². The van der Waals surface area contributed by atoms with Crippen LogP contribution in [0.25, 0.3) is 0 Å². The summed E-state index contributed by atoms with van der Waals surface area (Å²) in [6.07, 6.45) is 5.96. The Kier molecular flexibility index (Phi) is 3.42. The zero-order valence-corrected chi connectivity index (χ0v) is 9.71. The largest absolute Gasteiger partial charge is 0.328 e. The fraction of sp³-hybridized carbons (Fsp3) is 0.917. The Morgan fingerprint density at radius 1 is 1.33 bits per heavy atom. The third-order valence-electron chi connectivity index (χ3n) is 3.63. The van der Waals surface area contributed by atoms with Gasteiger partial charge in [-0.15, -0.1) is 0 Å². The zero-order chi connectivity index (χ0) is 10.8. The van der Waals surface area contributed by atoms with Gasteiger partial charge in [0.05, 0.1) is 0 Å². The maximum absolute atomic E-state index is 8.00. The highest BCUT2D eigenvalue weighted by Crippen LogP contribution is 2.31. The fourth-order valence-electron chi connectivity index (χ4n) is 2.57. The van der Waals surface area contributed by atoms with Crippen LogP contribution in [0.4, 0.5) is 0 Å². The van der Waals surface area contributed by atoms with E-state index in [-0.39, 0.29) is 6.04 Å². The number of nitrogens with one attached hydrogen (secondary N) is 1. The molecule has 0 radical (unpaired) electrons. The lowest BCUT2D eigenvalue weighted by atomic mass is 9.89. The van der Waals surface area contributed by atoms with Crippen LogP contribution in [0.2, 0.25) is 0 Å². The van der Waals surface area contributed by atoms with E-state index in [9.17, 15) is 0 Å². The molecule has 3 heteroatoms. The zero-order valence-electron chi connectivity index (χ0n) is 9.71. The van der Waals surface area contributed by atoms with E-state index < -0.39 is 0 Å². The molecule has 3 N–H and O–H groups in total. The maximum atomic E-state index is 8.00. The predicted molar refractivity (Wildman–Crippen MR) is 63.3 cm³/mol. The van der Waals surface area contributed by atoms with Gasteiger partial charge in [0.25, 0.3) is 0 Å². The third kappa shape index (κ3) is 3.02. The Hall–Kier alpha value is -0.410. The van der Waals surface area contributed by atoms with E-state index in [4.69, 9.17) is 11.1 Å². The van der Waals surface area contributed by atoms with Gasteiger partial charge in [0.15, 0.2) is 0 Å². The average molecular weight is 209 g/mol. The van der Waals surface area contributed by atoms with Crippen LogP contribution in [-0.4, -0.2) is 35.8 Å². The van der Waals surface area contributed by atoms with Gasteiger partial charge in [-0.2, -0.15) is 0 Å². The first kappa shape index (κ1) is 11.1. The van der Waals surface area contributed by atoms with Crippen molar-refractivity contribution in [2.75, 3.05) is 13.1 Å². The molecule has 2 fully saturated rings. The summed E-state index contributed by atoms with van der Waals surface area (Å²) in [4.78, 5) is 2.61. The Morgan fingerprint density at radius 3 is 2.40 bits per heavy atom. The summed E-state index contributed by atoms with van der Waals surface area (Å²) in [5.41, 5.74) is 6.62. The first-order chi connectivity index (χ1) is 7.16. The summed E-state index contributed by atoms with van der Waals surface area (Å²) in [7, 11) is 0. The molecule has 0 aromatic rings. The van der Waals surface area contributed by atoms with Crippen molar-refractivity contribution in [2.24, 2.45) is 11.7 Å². The summed E-state index contributed by atoms with van der Waals surface area (Å²) in [5, 5.41) is 8.00. The van der Waals surface area contributed by atoms with Crippen molar-refractivity contribution in [1.82, 2.24) is 4.90 Å². The molecule has 1 heterocycles. The quantitative estimate of drug-likeness (QED) is 0.691. The molecular weight excluding hydrogens is 186 g/mol. The molecule has 1 aliphatic carbocycles. The van der Waals surface area contributed by atoms with Gasteiger partial charge < -0.3 is 16.0 Å². The van der Waals surface area contributed by atoms with Gasteiger partial charge in [0, 0.05) is 24.2 Å². The lowest BCUT2D eigenvalue weighted by Crippen LogP contribution is -2.38. The minimum Gasteiger partial charge on any atom is -0.328 e. The molecule has 0 amide bonds. The van der Waals surface area contributed by atoms with E-state index >= 15 is 0 Å². The molecular formula is C12H23N3. The van der Waals surface area contributed by atoms with E-state index in [1.54, 1.807) is 0 Å². The van der Waals surface area contributed by atoms with Gasteiger partial charge >= 0.3 is 0 Å². The van der Waals surface area contributed by atoms with E-state index in [2.05, 4.69) is 4.90 Å². The summed E-state index contributed by atoms with van der Waals surface area (Å²) in [6.45, 7) is 4.40. The molecule has 1 saturated carbocycles. The highest BCUT2D eigenvalue weighted by molar-refractivity contribution is 5.84. The average Bonchev–Trinajstić information content (AvgIpc) is 3.00. The number of hydrogen-bond acceptors (Lipinski definition) is 3. The molecule has 0 aromatic carbocycles. The monoisotopic (exact) mass is 209 g/mol. The number of piperidine rings is 1. The molecule has 2 aliphatic rings. The lowest BCUT2D eigenvalue weighted by molar-refractivity contribution is 0.199. The van der Waals surface area contributed by atoms with Crippen LogP contribution in [0.1, 0.15) is 39.0 Å². The predicted octanol–water partition coefficient (Wildman–Crippen LogP) is 1.62. The first-order valence-corrected chi connectivity index (χ1v) is 6.23. The van der Waals surface area contributed by atoms with Crippen LogP contribution in [0.15, 0.2) is 0 Å². The Balaban J connectivity index is 1.74. The molecule has 86 valence electrons. The van der Waals surface area contributed by atoms with Gasteiger partial charge in [-0.3, -0.25) is 0 Å². The van der Waals surface area contributed by atoms with Gasteiger partial charge in [-0.1, -0.05) is 0 Å². The normalized spacial score (nSPS) is 26.5. The molecule has 2 rings (SSSR count). The molecule has 15 heavy (non-hydrogen) atoms. The molecule has 0 spiro atoms. The van der Waals surface area contributed by atoms with Crippen molar-refractivity contribution in [3.63, 3.8) is 0 Å². The van der Waals surface area contributed by atoms with Gasteiger partial charge in [-0.25, -0.2) is 0 Å². The maximum Gasteiger partial charge on any atom is 0.0136 e. The lowest BCUT2D eigenvalue weighted by Gasteiger charge is -2.32. The summed E-state index contributed by atoms with van der Waals surface area (Å²) in [5.74, 6) is 0.519. The standard InChI is InChI=1S/C12H23N3/c1-9(13)8-12(14)10-4-6-15(7-5-10)11-2-3-11/h9-11,14H,2-8,13H2,1H3/t9-/m0/s1. The van der Waals surface area contributed by atoms with Crippen LogP contribution in [0, 0.1) is 11.3 Å². The SMILES string of the molecule is C[C@H](N)CC(=N)C1CCN(C2CC2)CC1. The molecule has 0 unspecified atom stereocenters. The summed E-state index contributed by atoms with van der Waals surface area (Å²) < 4.78 is 0. The van der Waals surface area contributed by atoms with Crippen LogP contribution < -0.4 is 5.73 Å². The Morgan fingerprint density at radius 2 is 1.93 bits per heavy atom. The highest BCUT2D eigenvalue weighted by Gasteiger charge is 2.32. The van der Waals surface area contributed by atoms with Crippen LogP contribution in [0.3, 0.4) is 0 Å². The topological polar surface area (TPSA) is 53.1 Å². The molecule has 0 bridgehead atoms. The number of nitrogens with two attached hydrogens (primary N) is 1. The Bertz CT molecular complexity index is 225. The van der Waals surface area contributed by atoms with Crippen molar-refractivity contribution < 1.29 is 0 Å². The Labute approximate surface area is 92.5 Å². The van der Waals surface area contributed by atoms with Gasteiger partial charge in [0.2, 0.25) is 0 Å². The number of rotatable bonds is 4. The molecule has 1 aliphatic heterocycles. The van der Waals surface area contributed by atoms with Gasteiger partial charge in [-0.05, 0) is 51.6 Å². The number of likely N-dealkylation sites (tertiary alicyclic amines) is 1. The minimum atomic E-state index is 0.152. The first-order valence-electron chi connectivity index (χ1n) is 6.23. The van der Waals surface area contributed by atoms with Crippen LogP contribution in [0.5, 0.6) is 0 Å². The van der Waals surface area contributed by atoms with E-state index in [1.165, 1.54) is 38.8 Å². The van der Waals surface area contributed by atoms with E-state index in [1.807, 2.05) is 6.92 Å². The van der Waals surface area contributed by atoms with E-state index in [0.717, 1.165) is 18.2 Å². The van der Waals surface area contributed by atoms with Crippen molar-refractivity contribution in [2.45, 2.75) is 51.1 Å². The van der Waals surface area contributed by atoms with Crippen molar-refractivity contribution in [3.8, 4) is 0 Å². The fourth-order valence-corrected chi connectivity index (χ4v) is 2.57. The second-order valence-electron chi connectivity index (χ2n) is 5.25. The molecule has 0 aromatic heterocycles. The van der Waals surface area contributed by atoms with Crippen LogP contribution in [-0.2, 0) is 0 Å². The third-order valence-corrected chi connectivity index (χ3v) is 3.63. The molecule has 3 nitrogen and oxygen atoms in total. The highest BCUT2D eigenvalue weighted by atomic mass is 15.2. The van der Waals surface area contributed by atoms with Gasteiger partial charge in [0.1, 0.15) is 0 Å². The number of nitrogens with zero attached hydrogens (tertiary/aromatic N) is 1. The van der Waals surface area contributed by atoms with Crippen molar-refractivity contribution >= 4 is 5.71 Å².